The first-order chi connectivity index (χ1) is 9.84. The first kappa shape index (κ1) is 14.5. The van der Waals surface area contributed by atoms with Crippen LogP contribution in [0.3, 0.4) is 0 Å². The van der Waals surface area contributed by atoms with Gasteiger partial charge >= 0.3 is 0 Å². The first-order valence-electron chi connectivity index (χ1n) is 7.11. The fourth-order valence-electron chi connectivity index (χ4n) is 2.26. The molecule has 1 aliphatic rings. The maximum atomic E-state index is 4.07. The third-order valence-electron chi connectivity index (χ3n) is 3.33. The summed E-state index contributed by atoms with van der Waals surface area (Å²) in [5, 5.41) is 14.3. The average Bonchev–Trinajstić information content (AvgIpc) is 3.04. The Labute approximate surface area is 119 Å². The molecule has 1 fully saturated rings. The average molecular weight is 274 g/mol. The summed E-state index contributed by atoms with van der Waals surface area (Å²) in [5.41, 5.74) is 2.22. The summed E-state index contributed by atoms with van der Waals surface area (Å²) in [5.74, 6) is 0.657. The molecular formula is C14H22N6. The van der Waals surface area contributed by atoms with E-state index in [1.165, 1.54) is 5.69 Å². The summed E-state index contributed by atoms with van der Waals surface area (Å²) in [4.78, 5) is 4.72. The highest BCUT2D eigenvalue weighted by Gasteiger charge is 2.18. The molecule has 0 amide bonds. The van der Waals surface area contributed by atoms with Crippen LogP contribution in [0.15, 0.2) is 24.3 Å². The number of nitrogens with one attached hydrogen (secondary N) is 1. The molecule has 0 atom stereocenters. The molecule has 1 aromatic heterocycles. The molecule has 0 spiro atoms. The van der Waals surface area contributed by atoms with E-state index in [-0.39, 0.29) is 0 Å². The van der Waals surface area contributed by atoms with Crippen LogP contribution >= 0.6 is 0 Å². The number of piperazine rings is 1. The topological polar surface area (TPSA) is 60.9 Å². The molecule has 2 aromatic rings. The third kappa shape index (κ3) is 3.14. The molecular weight excluding hydrogens is 252 g/mol. The van der Waals surface area contributed by atoms with Crippen molar-refractivity contribution in [3.63, 3.8) is 0 Å². The maximum absolute atomic E-state index is 4.07. The molecule has 6 nitrogen and oxygen atoms in total. The molecule has 0 aliphatic carbocycles. The van der Waals surface area contributed by atoms with E-state index in [1.807, 2.05) is 26.0 Å². The second-order valence-corrected chi connectivity index (χ2v) is 4.54. The zero-order valence-electron chi connectivity index (χ0n) is 12.4. The quantitative estimate of drug-likeness (QED) is 0.902. The van der Waals surface area contributed by atoms with Gasteiger partial charge in [-0.2, -0.15) is 5.21 Å². The lowest BCUT2D eigenvalue weighted by Crippen LogP contribution is -2.44. The van der Waals surface area contributed by atoms with Gasteiger partial charge in [-0.15, -0.1) is 10.2 Å². The van der Waals surface area contributed by atoms with Crippen LogP contribution in [-0.4, -0.2) is 58.8 Å². The van der Waals surface area contributed by atoms with Gasteiger partial charge in [0.2, 0.25) is 5.82 Å². The van der Waals surface area contributed by atoms with Gasteiger partial charge in [-0.1, -0.05) is 26.0 Å². The lowest BCUT2D eigenvalue weighted by atomic mass is 10.1. The van der Waals surface area contributed by atoms with Gasteiger partial charge in [0.25, 0.3) is 0 Å². The van der Waals surface area contributed by atoms with E-state index < -0.39 is 0 Å². The summed E-state index contributed by atoms with van der Waals surface area (Å²) >= 11 is 0. The van der Waals surface area contributed by atoms with Crippen molar-refractivity contribution in [1.82, 2.24) is 25.5 Å². The van der Waals surface area contributed by atoms with Crippen molar-refractivity contribution in [3.05, 3.63) is 24.3 Å². The molecule has 0 bridgehead atoms. The predicted octanol–water partition coefficient (Wildman–Crippen LogP) is 1.64. The fraction of sp³-hybridized carbons (Fsp3) is 0.500. The Hall–Kier alpha value is -1.95. The molecule has 0 saturated carbocycles. The van der Waals surface area contributed by atoms with Crippen LogP contribution in [0.1, 0.15) is 13.8 Å². The Morgan fingerprint density at radius 3 is 2.40 bits per heavy atom. The van der Waals surface area contributed by atoms with Gasteiger partial charge in [0.1, 0.15) is 0 Å². The summed E-state index contributed by atoms with van der Waals surface area (Å²) in [6.07, 6.45) is 0. The van der Waals surface area contributed by atoms with Crippen LogP contribution in [0.2, 0.25) is 0 Å². The first-order valence-corrected chi connectivity index (χ1v) is 7.11. The number of aromatic amines is 1. The summed E-state index contributed by atoms with van der Waals surface area (Å²) < 4.78 is 0. The second kappa shape index (κ2) is 7.00. The standard InChI is InChI=1S/C12H16N6.C2H6/c1-17-6-8-18(9-7-17)11-5-3-2-4-10(11)12-13-15-16-14-12;1-2/h2-5H,6-9H2,1H3,(H,13,14,15,16);1-2H3. The van der Waals surface area contributed by atoms with Gasteiger partial charge in [-0.3, -0.25) is 0 Å². The van der Waals surface area contributed by atoms with Crippen molar-refractivity contribution in [2.75, 3.05) is 38.1 Å². The van der Waals surface area contributed by atoms with Crippen LogP contribution < -0.4 is 4.90 Å². The van der Waals surface area contributed by atoms with E-state index in [0.717, 1.165) is 31.7 Å². The predicted molar refractivity (Wildman–Crippen MR) is 80.7 cm³/mol. The highest BCUT2D eigenvalue weighted by atomic mass is 15.5. The molecule has 1 N–H and O–H groups in total. The minimum atomic E-state index is 0.657. The number of para-hydroxylation sites is 1. The molecule has 2 heterocycles. The minimum Gasteiger partial charge on any atom is -0.368 e. The monoisotopic (exact) mass is 274 g/mol. The fourth-order valence-corrected chi connectivity index (χ4v) is 2.26. The zero-order chi connectivity index (χ0) is 14.4. The van der Waals surface area contributed by atoms with E-state index in [9.17, 15) is 0 Å². The van der Waals surface area contributed by atoms with E-state index >= 15 is 0 Å². The molecule has 0 radical (unpaired) electrons. The van der Waals surface area contributed by atoms with Crippen LogP contribution in [0.4, 0.5) is 5.69 Å². The molecule has 1 saturated heterocycles. The summed E-state index contributed by atoms with van der Waals surface area (Å²) in [6, 6.07) is 8.22. The van der Waals surface area contributed by atoms with Crippen LogP contribution in [0.5, 0.6) is 0 Å². The van der Waals surface area contributed by atoms with Crippen LogP contribution in [-0.2, 0) is 0 Å². The normalized spacial score (nSPS) is 15.7. The lowest BCUT2D eigenvalue weighted by Gasteiger charge is -2.34. The molecule has 0 unspecified atom stereocenters. The Balaban J connectivity index is 0.000000704. The van der Waals surface area contributed by atoms with Crippen molar-refractivity contribution < 1.29 is 0 Å². The summed E-state index contributed by atoms with van der Waals surface area (Å²) in [6.45, 7) is 8.23. The van der Waals surface area contributed by atoms with Crippen molar-refractivity contribution >= 4 is 5.69 Å². The largest absolute Gasteiger partial charge is 0.368 e. The third-order valence-corrected chi connectivity index (χ3v) is 3.33. The number of likely N-dealkylation sites (N-methyl/N-ethyl adjacent to an activating group) is 1. The smallest absolute Gasteiger partial charge is 0.206 e. The number of hydrogen-bond acceptors (Lipinski definition) is 5. The SMILES string of the molecule is CC.CN1CCN(c2ccccc2-c2nn[nH]n2)CC1. The lowest BCUT2D eigenvalue weighted by molar-refractivity contribution is 0.313. The van der Waals surface area contributed by atoms with Crippen molar-refractivity contribution in [2.45, 2.75) is 13.8 Å². The van der Waals surface area contributed by atoms with Crippen molar-refractivity contribution in [1.29, 1.82) is 0 Å². The number of rotatable bonds is 2. The summed E-state index contributed by atoms with van der Waals surface area (Å²) in [7, 11) is 2.16. The number of tetrazole rings is 1. The molecule has 20 heavy (non-hydrogen) atoms. The van der Waals surface area contributed by atoms with E-state index in [2.05, 4.69) is 49.6 Å². The number of hydrogen-bond donors (Lipinski definition) is 1. The number of benzene rings is 1. The van der Waals surface area contributed by atoms with Gasteiger partial charge in [0, 0.05) is 37.4 Å². The number of anilines is 1. The highest BCUT2D eigenvalue weighted by Crippen LogP contribution is 2.28. The maximum Gasteiger partial charge on any atom is 0.206 e. The zero-order valence-corrected chi connectivity index (χ0v) is 12.4. The van der Waals surface area contributed by atoms with Gasteiger partial charge in [-0.25, -0.2) is 0 Å². The van der Waals surface area contributed by atoms with Gasteiger partial charge in [0.15, 0.2) is 0 Å². The minimum absolute atomic E-state index is 0.657. The Morgan fingerprint density at radius 1 is 1.05 bits per heavy atom. The molecule has 108 valence electrons. The number of aromatic nitrogens is 4. The molecule has 3 rings (SSSR count). The van der Waals surface area contributed by atoms with Gasteiger partial charge in [-0.05, 0) is 24.4 Å². The molecule has 6 heteroatoms. The number of H-pyrrole nitrogens is 1. The van der Waals surface area contributed by atoms with E-state index in [4.69, 9.17) is 0 Å². The Bertz CT molecular complexity index is 502. The highest BCUT2D eigenvalue weighted by molar-refractivity contribution is 5.74. The van der Waals surface area contributed by atoms with Crippen molar-refractivity contribution in [3.8, 4) is 11.4 Å². The van der Waals surface area contributed by atoms with E-state index in [1.54, 1.807) is 0 Å². The van der Waals surface area contributed by atoms with Crippen molar-refractivity contribution in [2.24, 2.45) is 0 Å². The van der Waals surface area contributed by atoms with Crippen LogP contribution in [0.25, 0.3) is 11.4 Å². The van der Waals surface area contributed by atoms with E-state index in [0.29, 0.717) is 5.82 Å². The molecule has 1 aromatic carbocycles. The number of nitrogens with zero attached hydrogens (tertiary/aromatic N) is 5. The van der Waals surface area contributed by atoms with Gasteiger partial charge < -0.3 is 9.80 Å². The van der Waals surface area contributed by atoms with Crippen LogP contribution in [0, 0.1) is 0 Å². The molecule has 1 aliphatic heterocycles. The second-order valence-electron chi connectivity index (χ2n) is 4.54. The van der Waals surface area contributed by atoms with Gasteiger partial charge in [0.05, 0.1) is 0 Å². The Kier molecular flexibility index (Phi) is 5.06. The Morgan fingerprint density at radius 2 is 1.75 bits per heavy atom.